The first-order valence-corrected chi connectivity index (χ1v) is 14.3. The predicted octanol–water partition coefficient (Wildman–Crippen LogP) is 5.37. The van der Waals surface area contributed by atoms with Gasteiger partial charge < -0.3 is 14.9 Å². The van der Waals surface area contributed by atoms with E-state index in [2.05, 4.69) is 50.7 Å². The summed E-state index contributed by atoms with van der Waals surface area (Å²) in [5.74, 6) is -0.513. The van der Waals surface area contributed by atoms with Crippen LogP contribution in [0.1, 0.15) is 53.6 Å². The lowest BCUT2D eigenvalue weighted by Gasteiger charge is -2.25. The second-order valence-corrected chi connectivity index (χ2v) is 11.4. The fourth-order valence-corrected chi connectivity index (χ4v) is 6.65. The van der Waals surface area contributed by atoms with Gasteiger partial charge in [-0.05, 0) is 70.6 Å². The molecule has 0 fully saturated rings. The summed E-state index contributed by atoms with van der Waals surface area (Å²) in [6.45, 7) is 5.99. The summed E-state index contributed by atoms with van der Waals surface area (Å²) < 4.78 is 9.14. The van der Waals surface area contributed by atoms with Crippen LogP contribution in [-0.2, 0) is 24.9 Å². The molecular formula is C30H31N5O4S. The summed E-state index contributed by atoms with van der Waals surface area (Å²) in [6.07, 6.45) is 0.805. The monoisotopic (exact) mass is 557 g/mol. The number of fused-ring (bicyclic) bond motifs is 3. The third-order valence-electron chi connectivity index (χ3n) is 7.78. The number of carboxylic acid groups (broad SMARTS) is 1. The fourth-order valence-electron chi connectivity index (χ4n) is 5.76. The number of carboxylic acids is 1. The van der Waals surface area contributed by atoms with Crippen molar-refractivity contribution < 1.29 is 19.7 Å². The molecule has 2 atom stereocenters. The van der Waals surface area contributed by atoms with Gasteiger partial charge in [-0.25, -0.2) is 9.67 Å². The molecule has 9 nitrogen and oxygen atoms in total. The van der Waals surface area contributed by atoms with Crippen molar-refractivity contribution in [3.8, 4) is 11.6 Å². The highest BCUT2D eigenvalue weighted by Gasteiger charge is 2.26. The van der Waals surface area contributed by atoms with E-state index in [-0.39, 0.29) is 24.3 Å². The molecule has 2 aromatic carbocycles. The first-order valence-electron chi connectivity index (χ1n) is 13.4. The largest absolute Gasteiger partial charge is 0.493 e. The van der Waals surface area contributed by atoms with Gasteiger partial charge in [0, 0.05) is 43.4 Å². The van der Waals surface area contributed by atoms with Crippen molar-refractivity contribution in [1.82, 2.24) is 24.9 Å². The van der Waals surface area contributed by atoms with E-state index in [1.165, 1.54) is 4.70 Å². The number of pyridine rings is 1. The number of carbonyl (C=O) groups is 1. The minimum Gasteiger partial charge on any atom is -0.493 e. The third-order valence-corrected chi connectivity index (χ3v) is 8.79. The quantitative estimate of drug-likeness (QED) is 0.275. The van der Waals surface area contributed by atoms with Crippen LogP contribution in [-0.4, -0.2) is 53.7 Å². The van der Waals surface area contributed by atoms with Gasteiger partial charge in [0.05, 0.1) is 11.9 Å². The van der Waals surface area contributed by atoms with E-state index >= 15 is 0 Å². The van der Waals surface area contributed by atoms with Crippen LogP contribution in [0.5, 0.6) is 11.6 Å². The van der Waals surface area contributed by atoms with E-state index in [0.29, 0.717) is 31.1 Å². The summed E-state index contributed by atoms with van der Waals surface area (Å²) in [7, 11) is 1.85. The second kappa shape index (κ2) is 10.5. The van der Waals surface area contributed by atoms with Crippen LogP contribution in [0.15, 0.2) is 47.8 Å². The van der Waals surface area contributed by atoms with Gasteiger partial charge in [-0.3, -0.25) is 9.69 Å². The van der Waals surface area contributed by atoms with Crippen molar-refractivity contribution in [2.45, 2.75) is 51.8 Å². The third kappa shape index (κ3) is 4.89. The molecule has 1 aliphatic rings. The zero-order valence-corrected chi connectivity index (χ0v) is 23.5. The SMILES string of the molecule is CC[C@@H]1CN(Cc2cc([C@@H](CC(=O)O)c3ccc4c(nnn4C)c3C)cc3ccsc23)Cc2nc(O)ccc2O1. The van der Waals surface area contributed by atoms with E-state index in [0.717, 1.165) is 45.1 Å². The summed E-state index contributed by atoms with van der Waals surface area (Å²) >= 11 is 1.69. The van der Waals surface area contributed by atoms with E-state index < -0.39 is 5.97 Å². The zero-order chi connectivity index (χ0) is 28.0. The van der Waals surface area contributed by atoms with Gasteiger partial charge in [-0.1, -0.05) is 24.3 Å². The van der Waals surface area contributed by atoms with Crippen molar-refractivity contribution in [2.75, 3.05) is 6.54 Å². The molecule has 4 heterocycles. The Kier molecular flexibility index (Phi) is 6.89. The van der Waals surface area contributed by atoms with Gasteiger partial charge in [0.25, 0.3) is 0 Å². The molecule has 206 valence electrons. The topological polar surface area (TPSA) is 114 Å². The number of aryl methyl sites for hydroxylation is 2. The molecule has 10 heteroatoms. The minimum atomic E-state index is -0.853. The molecule has 0 radical (unpaired) electrons. The molecule has 1 aliphatic heterocycles. The van der Waals surface area contributed by atoms with Gasteiger partial charge in [0.15, 0.2) is 0 Å². The highest BCUT2D eigenvalue weighted by Crippen LogP contribution is 2.38. The van der Waals surface area contributed by atoms with Crippen LogP contribution in [0.25, 0.3) is 21.1 Å². The molecule has 2 N–H and O–H groups in total. The maximum absolute atomic E-state index is 12.1. The van der Waals surface area contributed by atoms with Crippen molar-refractivity contribution in [1.29, 1.82) is 0 Å². The van der Waals surface area contributed by atoms with Crippen molar-refractivity contribution >= 4 is 38.4 Å². The number of aliphatic carboxylic acids is 1. The molecule has 0 aliphatic carbocycles. The van der Waals surface area contributed by atoms with Gasteiger partial charge in [-0.2, -0.15) is 0 Å². The smallest absolute Gasteiger partial charge is 0.304 e. The Morgan fingerprint density at radius 2 is 2.08 bits per heavy atom. The molecule has 0 bridgehead atoms. The number of ether oxygens (including phenoxy) is 1. The van der Waals surface area contributed by atoms with E-state index in [9.17, 15) is 15.0 Å². The molecule has 0 amide bonds. The number of aromatic nitrogens is 4. The lowest BCUT2D eigenvalue weighted by atomic mass is 9.84. The first-order chi connectivity index (χ1) is 19.3. The molecule has 6 rings (SSSR count). The zero-order valence-electron chi connectivity index (χ0n) is 22.7. The van der Waals surface area contributed by atoms with Crippen molar-refractivity contribution in [3.63, 3.8) is 0 Å². The molecule has 0 saturated carbocycles. The lowest BCUT2D eigenvalue weighted by Crippen LogP contribution is -2.32. The number of benzene rings is 2. The van der Waals surface area contributed by atoms with Crippen LogP contribution < -0.4 is 4.74 Å². The van der Waals surface area contributed by atoms with Crippen molar-refractivity contribution in [2.24, 2.45) is 7.05 Å². The number of hydrogen-bond acceptors (Lipinski definition) is 8. The van der Waals surface area contributed by atoms with Gasteiger partial charge in [0.2, 0.25) is 5.88 Å². The standard InChI is InChI=1S/C30H31N5O4S/c1-4-21-15-35(16-24-26(39-21)7-8-27(36)31-24)14-20-12-19(11-18-9-10-40-30(18)20)23(13-28(37)38)22-5-6-25-29(17(22)2)32-33-34(25)3/h5-12,21,23H,4,13-16H2,1-3H3,(H,31,36)(H,37,38)/t21-,23-/m1/s1. The highest BCUT2D eigenvalue weighted by molar-refractivity contribution is 7.17. The van der Waals surface area contributed by atoms with Crippen LogP contribution in [0, 0.1) is 6.92 Å². The molecule has 5 aromatic rings. The van der Waals surface area contributed by atoms with Crippen LogP contribution in [0.3, 0.4) is 0 Å². The molecule has 0 saturated heterocycles. The number of thiophene rings is 1. The van der Waals surface area contributed by atoms with Crippen LogP contribution in [0.4, 0.5) is 0 Å². The summed E-state index contributed by atoms with van der Waals surface area (Å²) in [5.41, 5.74) is 6.40. The number of aromatic hydroxyl groups is 1. The summed E-state index contributed by atoms with van der Waals surface area (Å²) in [4.78, 5) is 18.8. The van der Waals surface area contributed by atoms with Crippen LogP contribution in [0.2, 0.25) is 0 Å². The Balaban J connectivity index is 1.42. The molecule has 3 aromatic heterocycles. The Labute approximate surface area is 235 Å². The van der Waals surface area contributed by atoms with E-state index in [4.69, 9.17) is 4.74 Å². The Hall–Kier alpha value is -4.02. The molecular weight excluding hydrogens is 526 g/mol. The van der Waals surface area contributed by atoms with Crippen LogP contribution >= 0.6 is 11.3 Å². The highest BCUT2D eigenvalue weighted by atomic mass is 32.1. The lowest BCUT2D eigenvalue weighted by molar-refractivity contribution is -0.137. The van der Waals surface area contributed by atoms with Gasteiger partial charge in [0.1, 0.15) is 23.1 Å². The Bertz CT molecular complexity index is 1730. The first kappa shape index (κ1) is 26.2. The van der Waals surface area contributed by atoms with E-state index in [1.807, 2.05) is 26.1 Å². The average molecular weight is 558 g/mol. The fraction of sp³-hybridized carbons (Fsp3) is 0.333. The van der Waals surface area contributed by atoms with Gasteiger partial charge in [-0.15, -0.1) is 16.4 Å². The Morgan fingerprint density at radius 1 is 1.23 bits per heavy atom. The number of hydrogen-bond donors (Lipinski definition) is 2. The molecule has 0 unspecified atom stereocenters. The summed E-state index contributed by atoms with van der Waals surface area (Å²) in [5, 5.41) is 31.6. The maximum Gasteiger partial charge on any atom is 0.304 e. The molecule has 0 spiro atoms. The second-order valence-electron chi connectivity index (χ2n) is 10.5. The molecule has 40 heavy (non-hydrogen) atoms. The number of nitrogens with zero attached hydrogens (tertiary/aromatic N) is 5. The maximum atomic E-state index is 12.1. The summed E-state index contributed by atoms with van der Waals surface area (Å²) in [6, 6.07) is 13.7. The Morgan fingerprint density at radius 3 is 2.88 bits per heavy atom. The van der Waals surface area contributed by atoms with Crippen molar-refractivity contribution in [3.05, 3.63) is 75.8 Å². The normalized spacial score (nSPS) is 16.5. The minimum absolute atomic E-state index is 0.00396. The predicted molar refractivity (Wildman–Crippen MR) is 154 cm³/mol. The van der Waals surface area contributed by atoms with Gasteiger partial charge >= 0.3 is 5.97 Å². The van der Waals surface area contributed by atoms with E-state index in [1.54, 1.807) is 28.2 Å². The average Bonchev–Trinajstić information content (AvgIpc) is 3.51. The number of rotatable bonds is 7.